The maximum atomic E-state index is 12.4. The molecule has 1 amide bonds. The van der Waals surface area contributed by atoms with Crippen LogP contribution in [0.2, 0.25) is 5.02 Å². The number of anilines is 2. The second-order valence-corrected chi connectivity index (χ2v) is 5.68. The van der Waals surface area contributed by atoms with Crippen LogP contribution in [-0.2, 0) is 6.54 Å². The molecule has 2 heterocycles. The van der Waals surface area contributed by atoms with Gasteiger partial charge in [0.2, 0.25) is 0 Å². The fraction of sp³-hybridized carbons (Fsp3) is 0.111. The molecule has 0 aliphatic carbocycles. The fourth-order valence-corrected chi connectivity index (χ4v) is 2.39. The molecule has 0 atom stereocenters. The van der Waals surface area contributed by atoms with Crippen LogP contribution < -0.4 is 10.6 Å². The van der Waals surface area contributed by atoms with Gasteiger partial charge in [0.15, 0.2) is 0 Å². The molecule has 0 saturated heterocycles. The number of nitrogens with one attached hydrogen (secondary N) is 2. The van der Waals surface area contributed by atoms with E-state index < -0.39 is 0 Å². The minimum atomic E-state index is -0.235. The van der Waals surface area contributed by atoms with Crippen LogP contribution in [0, 0.1) is 6.92 Å². The molecule has 6 heteroatoms. The Morgan fingerprint density at radius 3 is 2.92 bits per heavy atom. The first-order valence-corrected chi connectivity index (χ1v) is 7.80. The Kier molecular flexibility index (Phi) is 4.82. The summed E-state index contributed by atoms with van der Waals surface area (Å²) >= 11 is 6.04. The minimum absolute atomic E-state index is 0.235. The normalized spacial score (nSPS) is 10.4. The molecule has 0 radical (unpaired) electrons. The van der Waals surface area contributed by atoms with E-state index in [1.54, 1.807) is 42.8 Å². The highest BCUT2D eigenvalue weighted by Crippen LogP contribution is 2.25. The third-order valence-corrected chi connectivity index (χ3v) is 3.74. The van der Waals surface area contributed by atoms with E-state index in [-0.39, 0.29) is 5.91 Å². The third-order valence-electron chi connectivity index (χ3n) is 3.51. The molecule has 122 valence electrons. The number of aromatic nitrogens is 1. The SMILES string of the molecule is Cc1ccc(Cl)cc1Nc1ncccc1C(=O)NCc1ccco1. The molecule has 2 N–H and O–H groups in total. The topological polar surface area (TPSA) is 67.2 Å². The van der Waals surface area contributed by atoms with Gasteiger partial charge in [-0.3, -0.25) is 4.79 Å². The summed E-state index contributed by atoms with van der Waals surface area (Å²) in [6.45, 7) is 2.27. The van der Waals surface area contributed by atoms with Gasteiger partial charge in [0, 0.05) is 16.9 Å². The quantitative estimate of drug-likeness (QED) is 0.725. The van der Waals surface area contributed by atoms with Crippen molar-refractivity contribution in [3.63, 3.8) is 0 Å². The molecule has 0 spiro atoms. The molecular weight excluding hydrogens is 326 g/mol. The highest BCUT2D eigenvalue weighted by Gasteiger charge is 2.13. The molecule has 3 aromatic rings. The minimum Gasteiger partial charge on any atom is -0.467 e. The van der Waals surface area contributed by atoms with Gasteiger partial charge in [0.25, 0.3) is 5.91 Å². The van der Waals surface area contributed by atoms with Gasteiger partial charge in [-0.15, -0.1) is 0 Å². The number of carbonyl (C=O) groups is 1. The van der Waals surface area contributed by atoms with Crippen molar-refractivity contribution in [3.8, 4) is 0 Å². The van der Waals surface area contributed by atoms with Crippen LogP contribution in [0.3, 0.4) is 0 Å². The Morgan fingerprint density at radius 2 is 2.12 bits per heavy atom. The second kappa shape index (κ2) is 7.19. The number of furan rings is 1. The number of amides is 1. The van der Waals surface area contributed by atoms with Gasteiger partial charge in [-0.25, -0.2) is 4.98 Å². The summed E-state index contributed by atoms with van der Waals surface area (Å²) in [7, 11) is 0. The Balaban J connectivity index is 1.79. The van der Waals surface area contributed by atoms with Crippen molar-refractivity contribution in [1.82, 2.24) is 10.3 Å². The van der Waals surface area contributed by atoms with Crippen LogP contribution >= 0.6 is 11.6 Å². The molecule has 0 fully saturated rings. The summed E-state index contributed by atoms with van der Waals surface area (Å²) in [6.07, 6.45) is 3.20. The summed E-state index contributed by atoms with van der Waals surface area (Å²) in [6, 6.07) is 12.5. The predicted octanol–water partition coefficient (Wildman–Crippen LogP) is 4.31. The van der Waals surface area contributed by atoms with Crippen LogP contribution in [0.5, 0.6) is 0 Å². The van der Waals surface area contributed by atoms with Crippen molar-refractivity contribution in [1.29, 1.82) is 0 Å². The van der Waals surface area contributed by atoms with Crippen LogP contribution in [0.4, 0.5) is 11.5 Å². The van der Waals surface area contributed by atoms with Crippen LogP contribution in [0.15, 0.2) is 59.3 Å². The lowest BCUT2D eigenvalue weighted by Crippen LogP contribution is -2.23. The van der Waals surface area contributed by atoms with Crippen molar-refractivity contribution >= 4 is 29.0 Å². The second-order valence-electron chi connectivity index (χ2n) is 5.25. The van der Waals surface area contributed by atoms with Gasteiger partial charge in [-0.05, 0) is 48.9 Å². The van der Waals surface area contributed by atoms with Crippen molar-refractivity contribution in [2.24, 2.45) is 0 Å². The van der Waals surface area contributed by atoms with Crippen molar-refractivity contribution in [3.05, 3.63) is 76.8 Å². The molecule has 5 nitrogen and oxygen atoms in total. The zero-order valence-corrected chi connectivity index (χ0v) is 13.8. The number of rotatable bonds is 5. The molecule has 0 aliphatic heterocycles. The number of pyridine rings is 1. The Morgan fingerprint density at radius 1 is 1.25 bits per heavy atom. The Labute approximate surface area is 144 Å². The third kappa shape index (κ3) is 3.75. The summed E-state index contributed by atoms with van der Waals surface area (Å²) in [5.74, 6) is 0.925. The number of benzene rings is 1. The monoisotopic (exact) mass is 341 g/mol. The summed E-state index contributed by atoms with van der Waals surface area (Å²) in [4.78, 5) is 16.7. The first-order valence-electron chi connectivity index (χ1n) is 7.42. The summed E-state index contributed by atoms with van der Waals surface area (Å²) in [5, 5.41) is 6.60. The average Bonchev–Trinajstić information content (AvgIpc) is 3.10. The van der Waals surface area contributed by atoms with E-state index in [2.05, 4.69) is 15.6 Å². The molecule has 0 bridgehead atoms. The fourth-order valence-electron chi connectivity index (χ4n) is 2.22. The predicted molar refractivity (Wildman–Crippen MR) is 93.6 cm³/mol. The largest absolute Gasteiger partial charge is 0.467 e. The smallest absolute Gasteiger partial charge is 0.255 e. The number of halogens is 1. The maximum Gasteiger partial charge on any atom is 0.255 e. The van der Waals surface area contributed by atoms with Gasteiger partial charge in [-0.1, -0.05) is 17.7 Å². The van der Waals surface area contributed by atoms with E-state index in [1.807, 2.05) is 19.1 Å². The van der Waals surface area contributed by atoms with Crippen LogP contribution in [0.1, 0.15) is 21.7 Å². The molecule has 0 saturated carbocycles. The Bertz CT molecular complexity index is 847. The van der Waals surface area contributed by atoms with Crippen molar-refractivity contribution in [2.75, 3.05) is 5.32 Å². The van der Waals surface area contributed by atoms with Crippen molar-refractivity contribution in [2.45, 2.75) is 13.5 Å². The summed E-state index contributed by atoms with van der Waals surface area (Å²) in [5.41, 5.74) is 2.26. The van der Waals surface area contributed by atoms with Gasteiger partial charge in [0.05, 0.1) is 18.4 Å². The van der Waals surface area contributed by atoms with E-state index in [0.29, 0.717) is 28.7 Å². The van der Waals surface area contributed by atoms with Crippen LogP contribution in [0.25, 0.3) is 0 Å². The number of carbonyl (C=O) groups excluding carboxylic acids is 1. The first-order chi connectivity index (χ1) is 11.6. The van der Waals surface area contributed by atoms with E-state index >= 15 is 0 Å². The van der Waals surface area contributed by atoms with Crippen molar-refractivity contribution < 1.29 is 9.21 Å². The zero-order valence-electron chi connectivity index (χ0n) is 13.0. The lowest BCUT2D eigenvalue weighted by molar-refractivity contribution is 0.0948. The standard InChI is InChI=1S/C18H16ClN3O2/c1-12-6-7-13(19)10-16(12)22-17-15(5-2-8-20-17)18(23)21-11-14-4-3-9-24-14/h2-10H,11H2,1H3,(H,20,22)(H,21,23). The number of nitrogens with zero attached hydrogens (tertiary/aromatic N) is 1. The molecule has 24 heavy (non-hydrogen) atoms. The lowest BCUT2D eigenvalue weighted by Gasteiger charge is -2.13. The Hall–Kier alpha value is -2.79. The van der Waals surface area contributed by atoms with Gasteiger partial charge in [-0.2, -0.15) is 0 Å². The first kappa shape index (κ1) is 16.1. The number of aryl methyl sites for hydroxylation is 1. The van der Waals surface area contributed by atoms with E-state index in [0.717, 1.165) is 11.3 Å². The number of hydrogen-bond donors (Lipinski definition) is 2. The molecule has 1 aromatic carbocycles. The molecule has 2 aromatic heterocycles. The average molecular weight is 342 g/mol. The highest BCUT2D eigenvalue weighted by molar-refractivity contribution is 6.30. The van der Waals surface area contributed by atoms with Gasteiger partial charge in [0.1, 0.15) is 11.6 Å². The van der Waals surface area contributed by atoms with E-state index in [9.17, 15) is 4.79 Å². The van der Waals surface area contributed by atoms with Gasteiger partial charge < -0.3 is 15.1 Å². The van der Waals surface area contributed by atoms with Gasteiger partial charge >= 0.3 is 0 Å². The van der Waals surface area contributed by atoms with E-state index in [4.69, 9.17) is 16.0 Å². The number of hydrogen-bond acceptors (Lipinski definition) is 4. The van der Waals surface area contributed by atoms with Crippen LogP contribution in [-0.4, -0.2) is 10.9 Å². The molecule has 3 rings (SSSR count). The molecule has 0 unspecified atom stereocenters. The highest BCUT2D eigenvalue weighted by atomic mass is 35.5. The molecular formula is C18H16ClN3O2. The zero-order chi connectivity index (χ0) is 16.9. The lowest BCUT2D eigenvalue weighted by atomic mass is 10.2. The maximum absolute atomic E-state index is 12.4. The molecule has 0 aliphatic rings. The summed E-state index contributed by atoms with van der Waals surface area (Å²) < 4.78 is 5.21. The van der Waals surface area contributed by atoms with E-state index in [1.165, 1.54) is 0 Å².